The van der Waals surface area contributed by atoms with Crippen LogP contribution in [0, 0.1) is 0 Å². The zero-order chi connectivity index (χ0) is 13.4. The molecule has 1 rings (SSSR count). The second-order valence-electron chi connectivity index (χ2n) is 5.07. The third kappa shape index (κ3) is 4.00. The Bertz CT molecular complexity index is 325. The van der Waals surface area contributed by atoms with Gasteiger partial charge in [-0.15, -0.1) is 0 Å². The summed E-state index contributed by atoms with van der Waals surface area (Å²) >= 11 is 6.00. The van der Waals surface area contributed by atoms with Gasteiger partial charge in [0.05, 0.1) is 0 Å². The van der Waals surface area contributed by atoms with Crippen molar-refractivity contribution in [2.24, 2.45) is 0 Å². The smallest absolute Gasteiger partial charge is 0.0406 e. The maximum Gasteiger partial charge on any atom is 0.0406 e. The fraction of sp³-hybridized carbons (Fsp3) is 0.625. The van der Waals surface area contributed by atoms with E-state index in [1.54, 1.807) is 0 Å². The lowest BCUT2D eigenvalue weighted by Crippen LogP contribution is -2.38. The SMILES string of the molecule is CCCC(CCC)(CNCC)c1ccc(Cl)cc1. The van der Waals surface area contributed by atoms with Crippen LogP contribution in [0.15, 0.2) is 24.3 Å². The van der Waals surface area contributed by atoms with Gasteiger partial charge in [0, 0.05) is 17.0 Å². The number of rotatable bonds is 8. The van der Waals surface area contributed by atoms with Gasteiger partial charge in [-0.25, -0.2) is 0 Å². The molecule has 0 heterocycles. The van der Waals surface area contributed by atoms with Crippen molar-refractivity contribution in [2.75, 3.05) is 13.1 Å². The highest BCUT2D eigenvalue weighted by Gasteiger charge is 2.29. The summed E-state index contributed by atoms with van der Waals surface area (Å²) in [5.74, 6) is 0. The van der Waals surface area contributed by atoms with Crippen molar-refractivity contribution in [3.8, 4) is 0 Å². The summed E-state index contributed by atoms with van der Waals surface area (Å²) < 4.78 is 0. The molecule has 1 nitrogen and oxygen atoms in total. The van der Waals surface area contributed by atoms with E-state index in [2.05, 4.69) is 38.2 Å². The molecule has 102 valence electrons. The summed E-state index contributed by atoms with van der Waals surface area (Å²) in [5.41, 5.74) is 1.70. The second kappa shape index (κ2) is 7.81. The molecule has 0 aliphatic heterocycles. The maximum absolute atomic E-state index is 6.00. The summed E-state index contributed by atoms with van der Waals surface area (Å²) in [7, 11) is 0. The summed E-state index contributed by atoms with van der Waals surface area (Å²) in [6.07, 6.45) is 4.90. The highest BCUT2D eigenvalue weighted by molar-refractivity contribution is 6.30. The Morgan fingerprint density at radius 3 is 2.00 bits per heavy atom. The first-order valence-corrected chi connectivity index (χ1v) is 7.53. The van der Waals surface area contributed by atoms with Gasteiger partial charge >= 0.3 is 0 Å². The zero-order valence-electron chi connectivity index (χ0n) is 11.9. The zero-order valence-corrected chi connectivity index (χ0v) is 12.7. The van der Waals surface area contributed by atoms with E-state index in [1.807, 2.05) is 12.1 Å². The number of hydrogen-bond donors (Lipinski definition) is 1. The van der Waals surface area contributed by atoms with Crippen LogP contribution in [0.1, 0.15) is 52.0 Å². The van der Waals surface area contributed by atoms with E-state index in [-0.39, 0.29) is 5.41 Å². The molecule has 1 N–H and O–H groups in total. The first-order chi connectivity index (χ1) is 8.68. The van der Waals surface area contributed by atoms with E-state index in [1.165, 1.54) is 31.2 Å². The molecule has 0 unspecified atom stereocenters. The average molecular weight is 268 g/mol. The number of halogens is 1. The Labute approximate surface area is 117 Å². The highest BCUT2D eigenvalue weighted by atomic mass is 35.5. The fourth-order valence-corrected chi connectivity index (χ4v) is 2.94. The van der Waals surface area contributed by atoms with Crippen molar-refractivity contribution in [1.29, 1.82) is 0 Å². The van der Waals surface area contributed by atoms with Crippen molar-refractivity contribution in [2.45, 2.75) is 51.9 Å². The Balaban J connectivity index is 3.01. The van der Waals surface area contributed by atoms with Gasteiger partial charge in [-0.05, 0) is 37.1 Å². The predicted octanol–water partition coefficient (Wildman–Crippen LogP) is 4.79. The van der Waals surface area contributed by atoms with E-state index < -0.39 is 0 Å². The van der Waals surface area contributed by atoms with E-state index in [9.17, 15) is 0 Å². The molecule has 1 aromatic carbocycles. The molecular formula is C16H26ClN. The van der Waals surface area contributed by atoms with Gasteiger partial charge in [-0.3, -0.25) is 0 Å². The minimum absolute atomic E-state index is 0.268. The van der Waals surface area contributed by atoms with Crippen LogP contribution in [0.4, 0.5) is 0 Å². The van der Waals surface area contributed by atoms with Gasteiger partial charge in [0.2, 0.25) is 0 Å². The Kier molecular flexibility index (Phi) is 6.73. The molecule has 0 radical (unpaired) electrons. The highest BCUT2D eigenvalue weighted by Crippen LogP contribution is 2.34. The van der Waals surface area contributed by atoms with Crippen LogP contribution in [0.5, 0.6) is 0 Å². The first kappa shape index (κ1) is 15.5. The molecule has 0 saturated carbocycles. The summed E-state index contributed by atoms with van der Waals surface area (Å²) in [6.45, 7) is 8.80. The average Bonchev–Trinajstić information content (AvgIpc) is 2.37. The van der Waals surface area contributed by atoms with Gasteiger partial charge in [-0.1, -0.05) is 57.3 Å². The number of nitrogens with one attached hydrogen (secondary N) is 1. The molecule has 0 bridgehead atoms. The van der Waals surface area contributed by atoms with Gasteiger partial charge in [0.25, 0.3) is 0 Å². The Hall–Kier alpha value is -0.530. The van der Waals surface area contributed by atoms with Crippen LogP contribution in [0.25, 0.3) is 0 Å². The molecule has 0 aliphatic carbocycles. The molecule has 0 fully saturated rings. The lowest BCUT2D eigenvalue weighted by atomic mass is 9.73. The predicted molar refractivity (Wildman–Crippen MR) is 81.5 cm³/mol. The van der Waals surface area contributed by atoms with Crippen LogP contribution >= 0.6 is 11.6 Å². The minimum Gasteiger partial charge on any atom is -0.316 e. The minimum atomic E-state index is 0.268. The quantitative estimate of drug-likeness (QED) is 0.714. The van der Waals surface area contributed by atoms with Crippen molar-refractivity contribution in [1.82, 2.24) is 5.32 Å². The third-order valence-corrected chi connectivity index (χ3v) is 3.88. The molecule has 0 spiro atoms. The normalized spacial score (nSPS) is 11.8. The third-order valence-electron chi connectivity index (χ3n) is 3.63. The van der Waals surface area contributed by atoms with Crippen molar-refractivity contribution in [3.05, 3.63) is 34.9 Å². The van der Waals surface area contributed by atoms with E-state index in [4.69, 9.17) is 11.6 Å². The van der Waals surface area contributed by atoms with Crippen LogP contribution < -0.4 is 5.32 Å². The van der Waals surface area contributed by atoms with Gasteiger partial charge < -0.3 is 5.32 Å². The Morgan fingerprint density at radius 2 is 1.56 bits per heavy atom. The van der Waals surface area contributed by atoms with E-state index in [0.717, 1.165) is 18.1 Å². The van der Waals surface area contributed by atoms with Crippen LogP contribution in [0.3, 0.4) is 0 Å². The van der Waals surface area contributed by atoms with Gasteiger partial charge in [-0.2, -0.15) is 0 Å². The van der Waals surface area contributed by atoms with Gasteiger partial charge in [0.1, 0.15) is 0 Å². The van der Waals surface area contributed by atoms with Crippen molar-refractivity contribution >= 4 is 11.6 Å². The number of hydrogen-bond acceptors (Lipinski definition) is 1. The molecule has 18 heavy (non-hydrogen) atoms. The van der Waals surface area contributed by atoms with Crippen LogP contribution in [-0.4, -0.2) is 13.1 Å². The first-order valence-electron chi connectivity index (χ1n) is 7.15. The van der Waals surface area contributed by atoms with Gasteiger partial charge in [0.15, 0.2) is 0 Å². The lowest BCUT2D eigenvalue weighted by Gasteiger charge is -2.34. The molecule has 0 amide bonds. The maximum atomic E-state index is 6.00. The summed E-state index contributed by atoms with van der Waals surface area (Å²) in [5, 5.41) is 4.36. The molecule has 0 saturated heterocycles. The van der Waals surface area contributed by atoms with E-state index in [0.29, 0.717) is 0 Å². The summed E-state index contributed by atoms with van der Waals surface area (Å²) in [4.78, 5) is 0. The van der Waals surface area contributed by atoms with Crippen LogP contribution in [0.2, 0.25) is 5.02 Å². The summed E-state index contributed by atoms with van der Waals surface area (Å²) in [6, 6.07) is 8.43. The molecule has 2 heteroatoms. The monoisotopic (exact) mass is 267 g/mol. The van der Waals surface area contributed by atoms with Crippen molar-refractivity contribution < 1.29 is 0 Å². The lowest BCUT2D eigenvalue weighted by molar-refractivity contribution is 0.338. The van der Waals surface area contributed by atoms with E-state index >= 15 is 0 Å². The number of benzene rings is 1. The largest absolute Gasteiger partial charge is 0.316 e. The Morgan fingerprint density at radius 1 is 1.00 bits per heavy atom. The fourth-order valence-electron chi connectivity index (χ4n) is 2.82. The standard InChI is InChI=1S/C16H26ClN/c1-4-11-16(12-5-2,13-18-6-3)14-7-9-15(17)10-8-14/h7-10,18H,4-6,11-13H2,1-3H3. The molecule has 0 atom stereocenters. The topological polar surface area (TPSA) is 12.0 Å². The van der Waals surface area contributed by atoms with Crippen molar-refractivity contribution in [3.63, 3.8) is 0 Å². The van der Waals surface area contributed by atoms with Crippen LogP contribution in [-0.2, 0) is 5.41 Å². The number of likely N-dealkylation sites (N-methyl/N-ethyl adjacent to an activating group) is 1. The molecular weight excluding hydrogens is 242 g/mol. The second-order valence-corrected chi connectivity index (χ2v) is 5.50. The molecule has 0 aliphatic rings. The molecule has 0 aromatic heterocycles. The molecule has 1 aromatic rings.